The van der Waals surface area contributed by atoms with E-state index in [1.807, 2.05) is 25.1 Å². The van der Waals surface area contributed by atoms with E-state index in [1.165, 1.54) is 16.2 Å². The Morgan fingerprint density at radius 3 is 2.80 bits per heavy atom. The molecule has 0 fully saturated rings. The van der Waals surface area contributed by atoms with E-state index in [0.717, 1.165) is 10.4 Å². The van der Waals surface area contributed by atoms with Crippen LogP contribution < -0.4 is 0 Å². The summed E-state index contributed by atoms with van der Waals surface area (Å²) in [5, 5.41) is 9.76. The molecule has 0 atom stereocenters. The van der Waals surface area contributed by atoms with Gasteiger partial charge in [-0.25, -0.2) is 4.79 Å². The predicted octanol–water partition coefficient (Wildman–Crippen LogP) is 3.31. The van der Waals surface area contributed by atoms with Crippen LogP contribution in [-0.4, -0.2) is 11.1 Å². The molecule has 0 amide bonds. The number of fused-ring (bicyclic) bond motifs is 1. The first-order chi connectivity index (χ1) is 7.18. The molecule has 1 heterocycles. The summed E-state index contributed by atoms with van der Waals surface area (Å²) >= 11 is 1.62. The summed E-state index contributed by atoms with van der Waals surface area (Å²) in [5.41, 5.74) is 1.15. The molecule has 0 radical (unpaired) electrons. The lowest BCUT2D eigenvalue weighted by molar-refractivity contribution is -0.131. The van der Waals surface area contributed by atoms with Crippen molar-refractivity contribution in [3.8, 4) is 0 Å². The number of aryl methyl sites for hydroxylation is 1. The maximum absolute atomic E-state index is 10.4. The smallest absolute Gasteiger partial charge is 0.328 e. The molecule has 0 unspecified atom stereocenters. The van der Waals surface area contributed by atoms with E-state index in [2.05, 4.69) is 6.07 Å². The quantitative estimate of drug-likeness (QED) is 0.785. The molecule has 0 aliphatic rings. The molecule has 0 spiro atoms. The Balaban J connectivity index is 2.53. The molecule has 15 heavy (non-hydrogen) atoms. The number of hydrogen-bond acceptors (Lipinski definition) is 2. The highest BCUT2D eigenvalue weighted by atomic mass is 32.1. The van der Waals surface area contributed by atoms with Crippen molar-refractivity contribution in [2.45, 2.75) is 6.92 Å². The maximum atomic E-state index is 10.4. The molecule has 1 N–H and O–H groups in total. The minimum atomic E-state index is -0.910. The van der Waals surface area contributed by atoms with Gasteiger partial charge in [0.25, 0.3) is 0 Å². The molecule has 2 rings (SSSR count). The van der Waals surface area contributed by atoms with Crippen molar-refractivity contribution in [3.63, 3.8) is 0 Å². The van der Waals surface area contributed by atoms with Gasteiger partial charge in [0, 0.05) is 15.7 Å². The predicted molar refractivity (Wildman–Crippen MR) is 63.2 cm³/mol. The van der Waals surface area contributed by atoms with Gasteiger partial charge in [-0.3, -0.25) is 0 Å². The Morgan fingerprint density at radius 1 is 1.40 bits per heavy atom. The SMILES string of the molecule is Cc1c(/C=C/C(=O)O)sc2ccccc12. The number of thiophene rings is 1. The second-order valence-corrected chi connectivity index (χ2v) is 4.34. The minimum absolute atomic E-state index is 0.910. The summed E-state index contributed by atoms with van der Waals surface area (Å²) < 4.78 is 1.19. The third kappa shape index (κ3) is 1.92. The van der Waals surface area contributed by atoms with Gasteiger partial charge in [-0.15, -0.1) is 11.3 Å². The molecule has 0 aliphatic heterocycles. The number of benzene rings is 1. The van der Waals surface area contributed by atoms with Crippen LogP contribution in [0.4, 0.5) is 0 Å². The molecular formula is C12H10O2S. The average Bonchev–Trinajstić information content (AvgIpc) is 2.54. The highest BCUT2D eigenvalue weighted by molar-refractivity contribution is 7.20. The van der Waals surface area contributed by atoms with Gasteiger partial charge in [0.2, 0.25) is 0 Å². The first-order valence-corrected chi connectivity index (χ1v) is 5.39. The summed E-state index contributed by atoms with van der Waals surface area (Å²) in [6, 6.07) is 8.08. The number of carboxylic acids is 1. The molecular weight excluding hydrogens is 208 g/mol. The van der Waals surface area contributed by atoms with E-state index >= 15 is 0 Å². The molecule has 76 valence electrons. The van der Waals surface area contributed by atoms with Crippen molar-refractivity contribution in [2.75, 3.05) is 0 Å². The summed E-state index contributed by atoms with van der Waals surface area (Å²) in [4.78, 5) is 11.4. The highest BCUT2D eigenvalue weighted by Crippen LogP contribution is 2.31. The molecule has 1 aromatic carbocycles. The average molecular weight is 218 g/mol. The summed E-state index contributed by atoms with van der Waals surface area (Å²) in [6.07, 6.45) is 2.83. The Hall–Kier alpha value is -1.61. The normalized spacial score (nSPS) is 11.3. The van der Waals surface area contributed by atoms with Crippen LogP contribution >= 0.6 is 11.3 Å². The molecule has 0 saturated carbocycles. The second kappa shape index (κ2) is 3.87. The lowest BCUT2D eigenvalue weighted by Gasteiger charge is -1.90. The summed E-state index contributed by atoms with van der Waals surface area (Å²) in [7, 11) is 0. The molecule has 2 aromatic rings. The van der Waals surface area contributed by atoms with Crippen molar-refractivity contribution < 1.29 is 9.90 Å². The Bertz CT molecular complexity index is 538. The first-order valence-electron chi connectivity index (χ1n) is 4.57. The standard InChI is InChI=1S/C12H10O2S/c1-8-9-4-2-3-5-11(9)15-10(8)6-7-12(13)14/h2-7H,1H3,(H,13,14)/b7-6+. The molecule has 0 aliphatic carbocycles. The van der Waals surface area contributed by atoms with E-state index in [0.29, 0.717) is 0 Å². The van der Waals surface area contributed by atoms with E-state index in [9.17, 15) is 4.79 Å². The fraction of sp³-hybridized carbons (Fsp3) is 0.0833. The molecule has 0 bridgehead atoms. The number of aliphatic carboxylic acids is 1. The number of rotatable bonds is 2. The highest BCUT2D eigenvalue weighted by Gasteiger charge is 2.04. The van der Waals surface area contributed by atoms with E-state index in [1.54, 1.807) is 17.4 Å². The van der Waals surface area contributed by atoms with E-state index in [-0.39, 0.29) is 0 Å². The third-order valence-electron chi connectivity index (χ3n) is 2.26. The Labute approximate surface area is 91.5 Å². The molecule has 1 aromatic heterocycles. The lowest BCUT2D eigenvalue weighted by atomic mass is 10.1. The van der Waals surface area contributed by atoms with Gasteiger partial charge in [-0.2, -0.15) is 0 Å². The second-order valence-electron chi connectivity index (χ2n) is 3.26. The Morgan fingerprint density at radius 2 is 2.13 bits per heavy atom. The lowest BCUT2D eigenvalue weighted by Crippen LogP contribution is -1.85. The van der Waals surface area contributed by atoms with Crippen molar-refractivity contribution in [1.29, 1.82) is 0 Å². The number of hydrogen-bond donors (Lipinski definition) is 1. The maximum Gasteiger partial charge on any atom is 0.328 e. The van der Waals surface area contributed by atoms with Gasteiger partial charge in [-0.1, -0.05) is 18.2 Å². The van der Waals surface area contributed by atoms with Crippen LogP contribution in [0.5, 0.6) is 0 Å². The van der Waals surface area contributed by atoms with Crippen molar-refractivity contribution in [1.82, 2.24) is 0 Å². The zero-order valence-electron chi connectivity index (χ0n) is 8.23. The largest absolute Gasteiger partial charge is 0.478 e. The fourth-order valence-electron chi connectivity index (χ4n) is 1.50. The van der Waals surface area contributed by atoms with Gasteiger partial charge in [0.15, 0.2) is 0 Å². The van der Waals surface area contributed by atoms with Gasteiger partial charge < -0.3 is 5.11 Å². The van der Waals surface area contributed by atoms with Crippen molar-refractivity contribution in [3.05, 3.63) is 40.8 Å². The van der Waals surface area contributed by atoms with Crippen LogP contribution in [0.15, 0.2) is 30.3 Å². The first kappa shape index (κ1) is 9.93. The third-order valence-corrected chi connectivity index (χ3v) is 3.50. The molecule has 3 heteroatoms. The van der Waals surface area contributed by atoms with Gasteiger partial charge in [0.1, 0.15) is 0 Å². The van der Waals surface area contributed by atoms with Crippen LogP contribution in [0.25, 0.3) is 16.2 Å². The van der Waals surface area contributed by atoms with Crippen LogP contribution in [0.1, 0.15) is 10.4 Å². The van der Waals surface area contributed by atoms with Crippen LogP contribution in [0.2, 0.25) is 0 Å². The zero-order chi connectivity index (χ0) is 10.8. The number of carbonyl (C=O) groups is 1. The summed E-state index contributed by atoms with van der Waals surface area (Å²) in [6.45, 7) is 2.01. The van der Waals surface area contributed by atoms with E-state index < -0.39 is 5.97 Å². The van der Waals surface area contributed by atoms with Crippen LogP contribution in [0.3, 0.4) is 0 Å². The minimum Gasteiger partial charge on any atom is -0.478 e. The summed E-state index contributed by atoms with van der Waals surface area (Å²) in [5.74, 6) is -0.910. The van der Waals surface area contributed by atoms with Crippen LogP contribution in [0, 0.1) is 6.92 Å². The van der Waals surface area contributed by atoms with Crippen LogP contribution in [-0.2, 0) is 4.79 Å². The molecule has 0 saturated heterocycles. The van der Waals surface area contributed by atoms with Gasteiger partial charge in [0.05, 0.1) is 0 Å². The van der Waals surface area contributed by atoms with Gasteiger partial charge in [-0.05, 0) is 30.0 Å². The van der Waals surface area contributed by atoms with E-state index in [4.69, 9.17) is 5.11 Å². The van der Waals surface area contributed by atoms with Crippen molar-refractivity contribution >= 4 is 33.5 Å². The van der Waals surface area contributed by atoms with Gasteiger partial charge >= 0.3 is 5.97 Å². The van der Waals surface area contributed by atoms with Crippen molar-refractivity contribution in [2.24, 2.45) is 0 Å². The monoisotopic (exact) mass is 218 g/mol. The topological polar surface area (TPSA) is 37.3 Å². The Kier molecular flexibility index (Phi) is 2.56. The molecule has 2 nitrogen and oxygen atoms in total. The number of carboxylic acid groups (broad SMARTS) is 1. The fourth-order valence-corrected chi connectivity index (χ4v) is 2.61. The zero-order valence-corrected chi connectivity index (χ0v) is 9.04.